The molecule has 2 aliphatic heterocycles. The lowest BCUT2D eigenvalue weighted by atomic mass is 9.96. The van der Waals surface area contributed by atoms with Crippen molar-refractivity contribution in [2.45, 2.75) is 58.4 Å². The largest absolute Gasteiger partial charge is 0.356 e. The van der Waals surface area contributed by atoms with Gasteiger partial charge in [-0.25, -0.2) is 0 Å². The Balaban J connectivity index is 1.72. The molecule has 0 aliphatic carbocycles. The van der Waals surface area contributed by atoms with Crippen LogP contribution in [0.4, 0.5) is 0 Å². The fourth-order valence-corrected chi connectivity index (χ4v) is 3.70. The Kier molecular flexibility index (Phi) is 6.68. The summed E-state index contributed by atoms with van der Waals surface area (Å²) in [6.45, 7) is 7.74. The van der Waals surface area contributed by atoms with Gasteiger partial charge in [0.15, 0.2) is 0 Å². The molecule has 2 fully saturated rings. The molecule has 0 radical (unpaired) electrons. The minimum atomic E-state index is -0.155. The zero-order valence-corrected chi connectivity index (χ0v) is 14.1. The van der Waals surface area contributed by atoms with Crippen molar-refractivity contribution in [3.8, 4) is 0 Å². The summed E-state index contributed by atoms with van der Waals surface area (Å²) in [4.78, 5) is 26.3. The molecule has 2 N–H and O–H groups in total. The van der Waals surface area contributed by atoms with Gasteiger partial charge in [0, 0.05) is 25.6 Å². The Bertz CT molecular complexity index is 376. The summed E-state index contributed by atoms with van der Waals surface area (Å²) in [5, 5.41) is 6.44. The van der Waals surface area contributed by atoms with E-state index in [4.69, 9.17) is 0 Å². The van der Waals surface area contributed by atoms with Crippen LogP contribution in [0, 0.1) is 11.8 Å². The highest BCUT2D eigenvalue weighted by molar-refractivity contribution is 5.89. The van der Waals surface area contributed by atoms with Gasteiger partial charge in [-0.2, -0.15) is 0 Å². The number of carbonyl (C=O) groups is 2. The van der Waals surface area contributed by atoms with Gasteiger partial charge in [0.25, 0.3) is 0 Å². The van der Waals surface area contributed by atoms with Crippen LogP contribution >= 0.6 is 0 Å². The molecule has 2 aliphatic rings. The van der Waals surface area contributed by atoms with Crippen molar-refractivity contribution in [2.75, 3.05) is 26.2 Å². The lowest BCUT2D eigenvalue weighted by Gasteiger charge is -2.26. The molecule has 2 atom stereocenters. The maximum absolute atomic E-state index is 12.3. The Morgan fingerprint density at radius 1 is 1.41 bits per heavy atom. The number of carbonyl (C=O) groups excluding carboxylic acids is 2. The van der Waals surface area contributed by atoms with Gasteiger partial charge in [0.05, 0.1) is 5.92 Å². The van der Waals surface area contributed by atoms with Gasteiger partial charge in [0.1, 0.15) is 0 Å². The van der Waals surface area contributed by atoms with E-state index in [0.717, 1.165) is 38.9 Å². The lowest BCUT2D eigenvalue weighted by Crippen LogP contribution is -2.38. The van der Waals surface area contributed by atoms with E-state index in [9.17, 15) is 9.59 Å². The van der Waals surface area contributed by atoms with Gasteiger partial charge < -0.3 is 15.5 Å². The first kappa shape index (κ1) is 17.3. The van der Waals surface area contributed by atoms with Crippen molar-refractivity contribution in [3.05, 3.63) is 0 Å². The molecule has 5 heteroatoms. The summed E-state index contributed by atoms with van der Waals surface area (Å²) in [6.07, 6.45) is 5.84. The normalized spacial score (nSPS) is 25.8. The molecule has 2 rings (SSSR count). The van der Waals surface area contributed by atoms with Gasteiger partial charge in [-0.3, -0.25) is 9.59 Å². The topological polar surface area (TPSA) is 61.4 Å². The Morgan fingerprint density at radius 2 is 2.18 bits per heavy atom. The zero-order valence-electron chi connectivity index (χ0n) is 14.1. The number of amides is 2. The van der Waals surface area contributed by atoms with Crippen LogP contribution in [-0.2, 0) is 9.59 Å². The van der Waals surface area contributed by atoms with Crippen LogP contribution < -0.4 is 10.6 Å². The summed E-state index contributed by atoms with van der Waals surface area (Å²) in [6, 6.07) is 0.290. The fourth-order valence-electron chi connectivity index (χ4n) is 3.70. The molecule has 2 amide bonds. The first-order valence-corrected chi connectivity index (χ1v) is 8.93. The van der Waals surface area contributed by atoms with Gasteiger partial charge >= 0.3 is 0 Å². The van der Waals surface area contributed by atoms with E-state index >= 15 is 0 Å². The standard InChI is InChI=1S/C17H31N3O2/c1-3-15(4-2)20-12-14(10-16(20)21)17(22)19-9-7-13-6-5-8-18-11-13/h13-15,18H,3-12H2,1-2H3,(H,19,22). The first-order chi connectivity index (χ1) is 10.7. The quantitative estimate of drug-likeness (QED) is 0.750. The number of hydrogen-bond acceptors (Lipinski definition) is 3. The van der Waals surface area contributed by atoms with Gasteiger partial charge in [-0.15, -0.1) is 0 Å². The molecule has 0 aromatic rings. The number of nitrogens with one attached hydrogen (secondary N) is 2. The predicted octanol–water partition coefficient (Wildman–Crippen LogP) is 1.53. The first-order valence-electron chi connectivity index (χ1n) is 8.93. The monoisotopic (exact) mass is 309 g/mol. The van der Waals surface area contributed by atoms with Crippen molar-refractivity contribution < 1.29 is 9.59 Å². The van der Waals surface area contributed by atoms with Gasteiger partial charge in [-0.05, 0) is 51.1 Å². The second-order valence-electron chi connectivity index (χ2n) is 6.71. The third-order valence-electron chi connectivity index (χ3n) is 5.16. The molecule has 22 heavy (non-hydrogen) atoms. The van der Waals surface area contributed by atoms with Crippen LogP contribution in [0.5, 0.6) is 0 Å². The van der Waals surface area contributed by atoms with Crippen molar-refractivity contribution in [3.63, 3.8) is 0 Å². The third kappa shape index (κ3) is 4.45. The number of rotatable bonds is 7. The van der Waals surface area contributed by atoms with Gasteiger partial charge in [0.2, 0.25) is 11.8 Å². The number of hydrogen-bond donors (Lipinski definition) is 2. The summed E-state index contributed by atoms with van der Waals surface area (Å²) < 4.78 is 0. The highest BCUT2D eigenvalue weighted by Gasteiger charge is 2.36. The average Bonchev–Trinajstić information content (AvgIpc) is 2.92. The zero-order chi connectivity index (χ0) is 15.9. The van der Waals surface area contributed by atoms with Crippen LogP contribution in [0.2, 0.25) is 0 Å². The van der Waals surface area contributed by atoms with E-state index in [2.05, 4.69) is 24.5 Å². The van der Waals surface area contributed by atoms with Crippen molar-refractivity contribution in [2.24, 2.45) is 11.8 Å². The number of likely N-dealkylation sites (tertiary alicyclic amines) is 1. The average molecular weight is 309 g/mol. The number of piperidine rings is 1. The van der Waals surface area contributed by atoms with Crippen LogP contribution in [0.25, 0.3) is 0 Å². The Hall–Kier alpha value is -1.10. The highest BCUT2D eigenvalue weighted by atomic mass is 16.2. The highest BCUT2D eigenvalue weighted by Crippen LogP contribution is 2.23. The second-order valence-corrected chi connectivity index (χ2v) is 6.71. The van der Waals surface area contributed by atoms with Crippen LogP contribution in [-0.4, -0.2) is 48.9 Å². The minimum Gasteiger partial charge on any atom is -0.356 e. The molecule has 2 heterocycles. The second kappa shape index (κ2) is 8.51. The molecule has 2 unspecified atom stereocenters. The van der Waals surface area contributed by atoms with Crippen molar-refractivity contribution >= 4 is 11.8 Å². The third-order valence-corrected chi connectivity index (χ3v) is 5.16. The molecule has 0 spiro atoms. The van der Waals surface area contributed by atoms with Crippen LogP contribution in [0.1, 0.15) is 52.4 Å². The minimum absolute atomic E-state index is 0.0607. The van der Waals surface area contributed by atoms with E-state index in [1.165, 1.54) is 12.8 Å². The number of nitrogens with zero attached hydrogens (tertiary/aromatic N) is 1. The van der Waals surface area contributed by atoms with E-state index < -0.39 is 0 Å². The maximum atomic E-state index is 12.3. The molecule has 2 saturated heterocycles. The summed E-state index contributed by atoms with van der Waals surface area (Å²) >= 11 is 0. The van der Waals surface area contributed by atoms with Gasteiger partial charge in [-0.1, -0.05) is 13.8 Å². The smallest absolute Gasteiger partial charge is 0.225 e. The molecule has 5 nitrogen and oxygen atoms in total. The summed E-state index contributed by atoms with van der Waals surface area (Å²) in [5.74, 6) is 0.730. The summed E-state index contributed by atoms with van der Waals surface area (Å²) in [5.41, 5.74) is 0. The Morgan fingerprint density at radius 3 is 2.82 bits per heavy atom. The van der Waals surface area contributed by atoms with Crippen molar-refractivity contribution in [1.29, 1.82) is 0 Å². The van der Waals surface area contributed by atoms with E-state index in [0.29, 0.717) is 24.9 Å². The molecule has 0 saturated carbocycles. The SMILES string of the molecule is CCC(CC)N1CC(C(=O)NCCC2CCCNC2)CC1=O. The van der Waals surface area contributed by atoms with Crippen molar-refractivity contribution in [1.82, 2.24) is 15.5 Å². The molecule has 0 bridgehead atoms. The lowest BCUT2D eigenvalue weighted by molar-refractivity contribution is -0.130. The molecule has 0 aromatic heterocycles. The molecule has 126 valence electrons. The van der Waals surface area contributed by atoms with Crippen LogP contribution in [0.15, 0.2) is 0 Å². The molecular weight excluding hydrogens is 278 g/mol. The van der Waals surface area contributed by atoms with Crippen LogP contribution in [0.3, 0.4) is 0 Å². The molecular formula is C17H31N3O2. The fraction of sp³-hybridized carbons (Fsp3) is 0.882. The maximum Gasteiger partial charge on any atom is 0.225 e. The Labute approximate surface area is 134 Å². The van der Waals surface area contributed by atoms with E-state index in [1.54, 1.807) is 0 Å². The van der Waals surface area contributed by atoms with E-state index in [-0.39, 0.29) is 17.7 Å². The van der Waals surface area contributed by atoms with E-state index in [1.807, 2.05) is 4.90 Å². The predicted molar refractivity (Wildman–Crippen MR) is 87.4 cm³/mol. The summed E-state index contributed by atoms with van der Waals surface area (Å²) in [7, 11) is 0. The molecule has 0 aromatic carbocycles.